The molecule has 2 amide bonds. The Hall–Kier alpha value is -2.53. The van der Waals surface area contributed by atoms with E-state index in [1.54, 1.807) is 49.6 Å². The van der Waals surface area contributed by atoms with Gasteiger partial charge in [0, 0.05) is 5.02 Å². The molecular formula is C17H17ClN2O3. The van der Waals surface area contributed by atoms with Crippen LogP contribution in [0.2, 0.25) is 5.02 Å². The summed E-state index contributed by atoms with van der Waals surface area (Å²) in [5.41, 5.74) is 6.40. The second-order valence-corrected chi connectivity index (χ2v) is 5.36. The van der Waals surface area contributed by atoms with Gasteiger partial charge in [-0.3, -0.25) is 20.4 Å². The number of halogens is 1. The number of methoxy groups -OCH3 is 1. The molecule has 6 heteroatoms. The third-order valence-electron chi connectivity index (χ3n) is 3.12. The van der Waals surface area contributed by atoms with Crippen molar-refractivity contribution in [1.82, 2.24) is 10.9 Å². The summed E-state index contributed by atoms with van der Waals surface area (Å²) >= 11 is 5.78. The van der Waals surface area contributed by atoms with Gasteiger partial charge in [-0.25, -0.2) is 0 Å². The van der Waals surface area contributed by atoms with Gasteiger partial charge in [0.2, 0.25) is 11.8 Å². The number of carbonyl (C=O) groups is 2. The van der Waals surface area contributed by atoms with Gasteiger partial charge in [0.1, 0.15) is 5.75 Å². The average Bonchev–Trinajstić information content (AvgIpc) is 2.55. The topological polar surface area (TPSA) is 67.4 Å². The predicted molar refractivity (Wildman–Crippen MR) is 88.1 cm³/mol. The zero-order valence-corrected chi connectivity index (χ0v) is 13.4. The number of ether oxygens (including phenoxy) is 1. The highest BCUT2D eigenvalue weighted by molar-refractivity contribution is 6.30. The lowest BCUT2D eigenvalue weighted by Crippen LogP contribution is -2.43. The van der Waals surface area contributed by atoms with Crippen molar-refractivity contribution < 1.29 is 14.3 Å². The van der Waals surface area contributed by atoms with Crippen LogP contribution < -0.4 is 15.6 Å². The van der Waals surface area contributed by atoms with Gasteiger partial charge < -0.3 is 4.74 Å². The molecule has 0 saturated carbocycles. The number of benzene rings is 2. The van der Waals surface area contributed by atoms with Crippen LogP contribution in [-0.2, 0) is 22.4 Å². The van der Waals surface area contributed by atoms with E-state index in [0.29, 0.717) is 10.8 Å². The van der Waals surface area contributed by atoms with Crippen molar-refractivity contribution in [1.29, 1.82) is 0 Å². The van der Waals surface area contributed by atoms with E-state index in [9.17, 15) is 9.59 Å². The fraction of sp³-hybridized carbons (Fsp3) is 0.176. The van der Waals surface area contributed by atoms with Gasteiger partial charge in [-0.05, 0) is 35.4 Å². The molecule has 0 aliphatic heterocycles. The number of nitrogens with one attached hydrogen (secondary N) is 2. The number of hydrogen-bond acceptors (Lipinski definition) is 3. The summed E-state index contributed by atoms with van der Waals surface area (Å²) in [5.74, 6) is 0.0797. The third kappa shape index (κ3) is 5.64. The van der Waals surface area contributed by atoms with Crippen molar-refractivity contribution in [2.45, 2.75) is 12.8 Å². The van der Waals surface area contributed by atoms with Crippen molar-refractivity contribution in [3.63, 3.8) is 0 Å². The highest BCUT2D eigenvalue weighted by Crippen LogP contribution is 2.12. The molecule has 2 N–H and O–H groups in total. The Labute approximate surface area is 139 Å². The van der Waals surface area contributed by atoms with E-state index in [1.807, 2.05) is 6.07 Å². The normalized spacial score (nSPS) is 10.0. The summed E-state index contributed by atoms with van der Waals surface area (Å²) < 4.78 is 5.10. The van der Waals surface area contributed by atoms with Crippen LogP contribution in [0.15, 0.2) is 48.5 Å². The molecule has 0 heterocycles. The van der Waals surface area contributed by atoms with Gasteiger partial charge >= 0.3 is 0 Å². The molecule has 0 bridgehead atoms. The molecular weight excluding hydrogens is 316 g/mol. The molecule has 0 unspecified atom stereocenters. The minimum Gasteiger partial charge on any atom is -0.497 e. The standard InChI is InChI=1S/C17H17ClN2O3/c1-23-15-4-2-3-13(9-15)11-17(22)20-19-16(21)10-12-5-7-14(18)8-6-12/h2-9H,10-11H2,1H3,(H,19,21)(H,20,22). The second-order valence-electron chi connectivity index (χ2n) is 4.93. The van der Waals surface area contributed by atoms with Crippen molar-refractivity contribution >= 4 is 23.4 Å². The largest absolute Gasteiger partial charge is 0.497 e. The smallest absolute Gasteiger partial charge is 0.242 e. The van der Waals surface area contributed by atoms with E-state index < -0.39 is 0 Å². The SMILES string of the molecule is COc1cccc(CC(=O)NNC(=O)Cc2ccc(Cl)cc2)c1. The molecule has 0 saturated heterocycles. The molecule has 0 aromatic heterocycles. The van der Waals surface area contributed by atoms with Crippen LogP contribution in [-0.4, -0.2) is 18.9 Å². The van der Waals surface area contributed by atoms with Gasteiger partial charge in [0.05, 0.1) is 20.0 Å². The lowest BCUT2D eigenvalue weighted by Gasteiger charge is -2.08. The van der Waals surface area contributed by atoms with Gasteiger partial charge in [-0.1, -0.05) is 35.9 Å². The zero-order chi connectivity index (χ0) is 16.7. The maximum absolute atomic E-state index is 11.8. The molecule has 0 atom stereocenters. The van der Waals surface area contributed by atoms with Gasteiger partial charge in [0.25, 0.3) is 0 Å². The minimum atomic E-state index is -0.303. The Balaban J connectivity index is 1.79. The minimum absolute atomic E-state index is 0.151. The van der Waals surface area contributed by atoms with Crippen molar-refractivity contribution in [2.24, 2.45) is 0 Å². The van der Waals surface area contributed by atoms with Crippen LogP contribution in [0.1, 0.15) is 11.1 Å². The van der Waals surface area contributed by atoms with Crippen LogP contribution in [0, 0.1) is 0 Å². The second kappa shape index (κ2) is 8.19. The first-order valence-corrected chi connectivity index (χ1v) is 7.39. The van der Waals surface area contributed by atoms with E-state index in [4.69, 9.17) is 16.3 Å². The van der Waals surface area contributed by atoms with E-state index in [1.165, 1.54) is 0 Å². The fourth-order valence-electron chi connectivity index (χ4n) is 1.98. The molecule has 0 radical (unpaired) electrons. The summed E-state index contributed by atoms with van der Waals surface area (Å²) in [5, 5.41) is 0.612. The maximum atomic E-state index is 11.8. The molecule has 0 aliphatic carbocycles. The molecule has 0 spiro atoms. The van der Waals surface area contributed by atoms with Crippen LogP contribution in [0.3, 0.4) is 0 Å². The van der Waals surface area contributed by atoms with E-state index in [2.05, 4.69) is 10.9 Å². The number of hydrazine groups is 1. The third-order valence-corrected chi connectivity index (χ3v) is 3.37. The van der Waals surface area contributed by atoms with Crippen molar-refractivity contribution in [3.05, 3.63) is 64.7 Å². The fourth-order valence-corrected chi connectivity index (χ4v) is 2.11. The summed E-state index contributed by atoms with van der Waals surface area (Å²) in [4.78, 5) is 23.6. The van der Waals surface area contributed by atoms with E-state index in [0.717, 1.165) is 11.1 Å². The molecule has 120 valence electrons. The van der Waals surface area contributed by atoms with E-state index in [-0.39, 0.29) is 24.7 Å². The Morgan fingerprint density at radius 3 is 2.17 bits per heavy atom. The average molecular weight is 333 g/mol. The quantitative estimate of drug-likeness (QED) is 0.825. The zero-order valence-electron chi connectivity index (χ0n) is 12.6. The first-order chi connectivity index (χ1) is 11.1. The Kier molecular flexibility index (Phi) is 6.00. The molecule has 23 heavy (non-hydrogen) atoms. The Morgan fingerprint density at radius 2 is 1.57 bits per heavy atom. The Morgan fingerprint density at radius 1 is 0.957 bits per heavy atom. The molecule has 0 aliphatic rings. The molecule has 0 fully saturated rings. The van der Waals surface area contributed by atoms with Crippen LogP contribution >= 0.6 is 11.6 Å². The van der Waals surface area contributed by atoms with Crippen LogP contribution in [0.5, 0.6) is 5.75 Å². The van der Waals surface area contributed by atoms with Gasteiger partial charge in [0.15, 0.2) is 0 Å². The predicted octanol–water partition coefficient (Wildman–Crippen LogP) is 2.28. The summed E-state index contributed by atoms with van der Waals surface area (Å²) in [6.07, 6.45) is 0.315. The number of rotatable bonds is 5. The lowest BCUT2D eigenvalue weighted by atomic mass is 10.1. The lowest BCUT2D eigenvalue weighted by molar-refractivity contribution is -0.128. The molecule has 2 aromatic carbocycles. The van der Waals surface area contributed by atoms with E-state index >= 15 is 0 Å². The summed E-state index contributed by atoms with van der Waals surface area (Å²) in [6.45, 7) is 0. The first kappa shape index (κ1) is 16.8. The Bertz CT molecular complexity index is 686. The van der Waals surface area contributed by atoms with Crippen LogP contribution in [0.4, 0.5) is 0 Å². The van der Waals surface area contributed by atoms with Crippen molar-refractivity contribution in [3.8, 4) is 5.75 Å². The molecule has 5 nitrogen and oxygen atoms in total. The first-order valence-electron chi connectivity index (χ1n) is 7.02. The number of hydrogen-bond donors (Lipinski definition) is 2. The monoisotopic (exact) mass is 332 g/mol. The maximum Gasteiger partial charge on any atom is 0.242 e. The van der Waals surface area contributed by atoms with Gasteiger partial charge in [-0.15, -0.1) is 0 Å². The summed E-state index contributed by atoms with van der Waals surface area (Å²) in [7, 11) is 1.57. The van der Waals surface area contributed by atoms with Crippen molar-refractivity contribution in [2.75, 3.05) is 7.11 Å². The molecule has 2 rings (SSSR count). The summed E-state index contributed by atoms with van der Waals surface area (Å²) in [6, 6.07) is 14.2. The molecule has 2 aromatic rings. The van der Waals surface area contributed by atoms with Gasteiger partial charge in [-0.2, -0.15) is 0 Å². The number of carbonyl (C=O) groups excluding carboxylic acids is 2. The highest BCUT2D eigenvalue weighted by Gasteiger charge is 2.07. The number of amides is 2. The van der Waals surface area contributed by atoms with Crippen LogP contribution in [0.25, 0.3) is 0 Å². The highest BCUT2D eigenvalue weighted by atomic mass is 35.5.